The van der Waals surface area contributed by atoms with Gasteiger partial charge in [0.25, 0.3) is 0 Å². The predicted molar refractivity (Wildman–Crippen MR) is 84.0 cm³/mol. The Kier molecular flexibility index (Phi) is 3.47. The van der Waals surface area contributed by atoms with Gasteiger partial charge < -0.3 is 10.2 Å². The molecule has 0 spiro atoms. The van der Waals surface area contributed by atoms with Crippen LogP contribution in [0.1, 0.15) is 58.3 Å². The Balaban J connectivity index is 1.68. The highest BCUT2D eigenvalue weighted by Gasteiger charge is 2.60. The first-order valence-electron chi connectivity index (χ1n) is 9.13. The number of allylic oxidation sites excluding steroid dienone is 1. The number of hydrogen-bond acceptors (Lipinski definition) is 2. The molecule has 1 unspecified atom stereocenters. The van der Waals surface area contributed by atoms with Crippen LogP contribution in [0, 0.1) is 28.6 Å². The lowest BCUT2D eigenvalue weighted by atomic mass is 9.48. The van der Waals surface area contributed by atoms with Crippen molar-refractivity contribution in [1.29, 1.82) is 0 Å². The zero-order valence-corrected chi connectivity index (χ0v) is 13.6. The number of halogens is 1. The zero-order chi connectivity index (χ0) is 15.5. The number of hydrogen-bond donors (Lipinski definition) is 2. The molecular weight excluding hydrogens is 279 g/mol. The van der Waals surface area contributed by atoms with Crippen molar-refractivity contribution in [3.05, 3.63) is 11.6 Å². The number of alkyl halides is 1. The molecular formula is C19H29FO2. The standard InChI is InChI=1S/C19H29FO2/c1-18-8-6-13(21)10-12(18)2-3-14-15(18)7-9-19(11-20)16(14)4-5-17(19)22/h2,13-17,21-22H,3-11H2,1H3/t13?,14-,15+,16+,17-,18+,19-/m1/s1. The van der Waals surface area contributed by atoms with Gasteiger partial charge in [-0.2, -0.15) is 0 Å². The summed E-state index contributed by atoms with van der Waals surface area (Å²) in [4.78, 5) is 0. The summed E-state index contributed by atoms with van der Waals surface area (Å²) in [5.74, 6) is 1.51. The molecule has 22 heavy (non-hydrogen) atoms. The molecule has 0 saturated heterocycles. The van der Waals surface area contributed by atoms with E-state index in [1.165, 1.54) is 5.57 Å². The number of aliphatic hydroxyl groups excluding tert-OH is 2. The van der Waals surface area contributed by atoms with Crippen molar-refractivity contribution < 1.29 is 14.6 Å². The van der Waals surface area contributed by atoms with Gasteiger partial charge in [-0.15, -0.1) is 0 Å². The van der Waals surface area contributed by atoms with Gasteiger partial charge in [0, 0.05) is 5.41 Å². The summed E-state index contributed by atoms with van der Waals surface area (Å²) < 4.78 is 13.9. The third kappa shape index (κ3) is 1.84. The van der Waals surface area contributed by atoms with Gasteiger partial charge in [-0.25, -0.2) is 0 Å². The molecule has 124 valence electrons. The first-order chi connectivity index (χ1) is 10.5. The van der Waals surface area contributed by atoms with E-state index < -0.39 is 11.5 Å². The summed E-state index contributed by atoms with van der Waals surface area (Å²) in [5, 5.41) is 20.4. The van der Waals surface area contributed by atoms with E-state index in [2.05, 4.69) is 13.0 Å². The lowest BCUT2D eigenvalue weighted by molar-refractivity contribution is -0.0906. The lowest BCUT2D eigenvalue weighted by Gasteiger charge is -2.57. The van der Waals surface area contributed by atoms with Crippen molar-refractivity contribution >= 4 is 0 Å². The normalized spacial score (nSPS) is 54.2. The maximum atomic E-state index is 13.9. The van der Waals surface area contributed by atoms with E-state index in [1.807, 2.05) is 0 Å². The Bertz CT molecular complexity index is 490. The fourth-order valence-corrected chi connectivity index (χ4v) is 6.68. The van der Waals surface area contributed by atoms with Gasteiger partial charge in [0.2, 0.25) is 0 Å². The van der Waals surface area contributed by atoms with Crippen LogP contribution in [0.25, 0.3) is 0 Å². The second-order valence-corrected chi connectivity index (χ2v) is 8.65. The molecule has 4 aliphatic carbocycles. The molecule has 4 aliphatic rings. The average molecular weight is 308 g/mol. The highest BCUT2D eigenvalue weighted by molar-refractivity contribution is 5.25. The largest absolute Gasteiger partial charge is 0.393 e. The number of aliphatic hydroxyl groups is 2. The molecule has 7 atom stereocenters. The first-order valence-corrected chi connectivity index (χ1v) is 9.13. The fourth-order valence-electron chi connectivity index (χ4n) is 6.68. The van der Waals surface area contributed by atoms with E-state index in [9.17, 15) is 14.6 Å². The summed E-state index contributed by atoms with van der Waals surface area (Å²) >= 11 is 0. The van der Waals surface area contributed by atoms with Gasteiger partial charge in [-0.05, 0) is 74.5 Å². The SMILES string of the molecule is C[C@]12CCC(O)CC1=CC[C@H]1[C@@H]3CC[C@@H](O)[C@@]3(CF)CC[C@@H]12. The van der Waals surface area contributed by atoms with Gasteiger partial charge in [-0.1, -0.05) is 18.6 Å². The van der Waals surface area contributed by atoms with E-state index in [0.717, 1.165) is 51.4 Å². The van der Waals surface area contributed by atoms with Gasteiger partial charge in [-0.3, -0.25) is 4.39 Å². The van der Waals surface area contributed by atoms with Crippen LogP contribution in [0.2, 0.25) is 0 Å². The van der Waals surface area contributed by atoms with Gasteiger partial charge in [0.1, 0.15) is 0 Å². The number of fused-ring (bicyclic) bond motifs is 5. The molecule has 0 amide bonds. The van der Waals surface area contributed by atoms with Crippen LogP contribution in [0.15, 0.2) is 11.6 Å². The Morgan fingerprint density at radius 3 is 2.73 bits per heavy atom. The second kappa shape index (κ2) is 5.04. The van der Waals surface area contributed by atoms with Crippen molar-refractivity contribution in [1.82, 2.24) is 0 Å². The highest BCUT2D eigenvalue weighted by Crippen LogP contribution is 2.64. The minimum absolute atomic E-state index is 0.169. The van der Waals surface area contributed by atoms with Crippen molar-refractivity contribution in [2.24, 2.45) is 28.6 Å². The smallest absolute Gasteiger partial charge is 0.0978 e. The van der Waals surface area contributed by atoms with Gasteiger partial charge in [0.15, 0.2) is 0 Å². The van der Waals surface area contributed by atoms with Crippen LogP contribution in [-0.2, 0) is 0 Å². The third-order valence-electron chi connectivity index (χ3n) is 8.00. The Morgan fingerprint density at radius 1 is 1.14 bits per heavy atom. The third-order valence-corrected chi connectivity index (χ3v) is 8.00. The van der Waals surface area contributed by atoms with Crippen LogP contribution in [0.5, 0.6) is 0 Å². The van der Waals surface area contributed by atoms with Crippen LogP contribution in [-0.4, -0.2) is 29.1 Å². The summed E-state index contributed by atoms with van der Waals surface area (Å²) in [7, 11) is 0. The lowest BCUT2D eigenvalue weighted by Crippen LogP contribution is -2.52. The zero-order valence-electron chi connectivity index (χ0n) is 13.6. The molecule has 0 aromatic rings. The molecule has 2 nitrogen and oxygen atoms in total. The Hall–Kier alpha value is -0.410. The molecule has 3 saturated carbocycles. The summed E-state index contributed by atoms with van der Waals surface area (Å²) in [6, 6.07) is 0. The van der Waals surface area contributed by atoms with Crippen molar-refractivity contribution in [2.75, 3.05) is 6.67 Å². The van der Waals surface area contributed by atoms with E-state index in [4.69, 9.17) is 0 Å². The molecule has 4 rings (SSSR count). The monoisotopic (exact) mass is 308 g/mol. The highest BCUT2D eigenvalue weighted by atomic mass is 19.1. The minimum atomic E-state index is -0.447. The molecule has 2 N–H and O–H groups in total. The number of rotatable bonds is 1. The van der Waals surface area contributed by atoms with Crippen LogP contribution in [0.4, 0.5) is 4.39 Å². The van der Waals surface area contributed by atoms with Gasteiger partial charge in [0.05, 0.1) is 18.9 Å². The van der Waals surface area contributed by atoms with E-state index in [-0.39, 0.29) is 18.2 Å². The topological polar surface area (TPSA) is 40.5 Å². The summed E-state index contributed by atoms with van der Waals surface area (Å²) in [6.45, 7) is 2.03. The Morgan fingerprint density at radius 2 is 1.95 bits per heavy atom. The van der Waals surface area contributed by atoms with Crippen molar-refractivity contribution in [3.8, 4) is 0 Å². The average Bonchev–Trinajstić information content (AvgIpc) is 2.86. The minimum Gasteiger partial charge on any atom is -0.393 e. The van der Waals surface area contributed by atoms with E-state index in [0.29, 0.717) is 17.8 Å². The van der Waals surface area contributed by atoms with Crippen molar-refractivity contribution in [2.45, 2.75) is 70.5 Å². The molecule has 0 radical (unpaired) electrons. The molecule has 3 heteroatoms. The van der Waals surface area contributed by atoms with Crippen LogP contribution >= 0.6 is 0 Å². The van der Waals surface area contributed by atoms with Crippen molar-refractivity contribution in [3.63, 3.8) is 0 Å². The quantitative estimate of drug-likeness (QED) is 0.726. The summed E-state index contributed by atoms with van der Waals surface area (Å²) in [5.41, 5.74) is 1.22. The maximum Gasteiger partial charge on any atom is 0.0978 e. The van der Waals surface area contributed by atoms with Crippen LogP contribution in [0.3, 0.4) is 0 Å². The molecule has 3 fully saturated rings. The first kappa shape index (κ1) is 15.1. The Labute approximate surface area is 132 Å². The fraction of sp³-hybridized carbons (Fsp3) is 0.895. The second-order valence-electron chi connectivity index (χ2n) is 8.65. The summed E-state index contributed by atoms with van der Waals surface area (Å²) in [6.07, 6.45) is 9.27. The van der Waals surface area contributed by atoms with E-state index >= 15 is 0 Å². The van der Waals surface area contributed by atoms with E-state index in [1.54, 1.807) is 0 Å². The predicted octanol–water partition coefficient (Wildman–Crippen LogP) is 3.62. The maximum absolute atomic E-state index is 13.9. The molecule has 0 aliphatic heterocycles. The molecule has 0 aromatic heterocycles. The van der Waals surface area contributed by atoms with Gasteiger partial charge >= 0.3 is 0 Å². The molecule has 0 heterocycles. The van der Waals surface area contributed by atoms with Crippen LogP contribution < -0.4 is 0 Å². The molecule has 0 bridgehead atoms. The molecule has 0 aromatic carbocycles.